The van der Waals surface area contributed by atoms with E-state index in [2.05, 4.69) is 5.32 Å². The van der Waals surface area contributed by atoms with Crippen LogP contribution in [0.15, 0.2) is 24.3 Å². The Morgan fingerprint density at radius 3 is 2.62 bits per heavy atom. The summed E-state index contributed by atoms with van der Waals surface area (Å²) in [5, 5.41) is 2.90. The lowest BCUT2D eigenvalue weighted by molar-refractivity contribution is -0.128. The Labute approximate surface area is 127 Å². The lowest BCUT2D eigenvalue weighted by Crippen LogP contribution is -2.38. The summed E-state index contributed by atoms with van der Waals surface area (Å²) in [6.45, 7) is 9.20. The van der Waals surface area contributed by atoms with Gasteiger partial charge in [0, 0.05) is 13.2 Å². The van der Waals surface area contributed by atoms with Crippen LogP contribution in [0.25, 0.3) is 0 Å². The third-order valence-corrected chi connectivity index (χ3v) is 3.10. The first-order chi connectivity index (χ1) is 10.0. The van der Waals surface area contributed by atoms with Gasteiger partial charge in [0.2, 0.25) is 0 Å². The third-order valence-electron chi connectivity index (χ3n) is 3.10. The molecule has 0 spiro atoms. The van der Waals surface area contributed by atoms with Crippen LogP contribution < -0.4 is 10.1 Å². The lowest BCUT2D eigenvalue weighted by atomic mass is 10.2. The van der Waals surface area contributed by atoms with Crippen molar-refractivity contribution in [1.82, 2.24) is 5.32 Å². The van der Waals surface area contributed by atoms with E-state index in [1.807, 2.05) is 52.0 Å². The number of aryl methyl sites for hydroxylation is 1. The monoisotopic (exact) mass is 293 g/mol. The molecule has 0 aromatic heterocycles. The number of nitrogens with one attached hydrogen (secondary N) is 1. The smallest absolute Gasteiger partial charge is 0.261 e. The van der Waals surface area contributed by atoms with E-state index in [0.717, 1.165) is 17.7 Å². The summed E-state index contributed by atoms with van der Waals surface area (Å²) in [6, 6.07) is 7.74. The zero-order valence-electron chi connectivity index (χ0n) is 13.5. The Hall–Kier alpha value is -1.55. The van der Waals surface area contributed by atoms with Gasteiger partial charge in [-0.15, -0.1) is 0 Å². The molecule has 0 radical (unpaired) electrons. The van der Waals surface area contributed by atoms with Gasteiger partial charge in [0.05, 0.1) is 6.10 Å². The lowest BCUT2D eigenvalue weighted by Gasteiger charge is -2.18. The minimum absolute atomic E-state index is 0.0645. The predicted molar refractivity (Wildman–Crippen MR) is 84.6 cm³/mol. The molecule has 21 heavy (non-hydrogen) atoms. The zero-order chi connectivity index (χ0) is 15.7. The van der Waals surface area contributed by atoms with Gasteiger partial charge >= 0.3 is 0 Å². The van der Waals surface area contributed by atoms with E-state index in [-0.39, 0.29) is 12.0 Å². The topological polar surface area (TPSA) is 47.6 Å². The van der Waals surface area contributed by atoms with E-state index in [1.54, 1.807) is 0 Å². The standard InChI is InChI=1S/C17H27NO3/c1-5-15(21-16-10-7-6-9-14(16)4)17(19)18-11-8-12-20-13(2)3/h6-7,9-10,13,15H,5,8,11-12H2,1-4H3,(H,18,19)/t15-/m1/s1. The van der Waals surface area contributed by atoms with Crippen molar-refractivity contribution in [3.63, 3.8) is 0 Å². The quantitative estimate of drug-likeness (QED) is 0.712. The van der Waals surface area contributed by atoms with Gasteiger partial charge in [0.25, 0.3) is 5.91 Å². The molecule has 0 unspecified atom stereocenters. The van der Waals surface area contributed by atoms with Crippen LogP contribution in [0.1, 0.15) is 39.2 Å². The van der Waals surface area contributed by atoms with Gasteiger partial charge in [-0.25, -0.2) is 0 Å². The van der Waals surface area contributed by atoms with E-state index < -0.39 is 6.10 Å². The average Bonchev–Trinajstić information content (AvgIpc) is 2.45. The molecule has 0 fully saturated rings. The number of ether oxygens (including phenoxy) is 2. The Morgan fingerprint density at radius 1 is 1.29 bits per heavy atom. The van der Waals surface area contributed by atoms with E-state index in [9.17, 15) is 4.79 Å². The largest absolute Gasteiger partial charge is 0.480 e. The van der Waals surface area contributed by atoms with Crippen LogP contribution in [-0.4, -0.2) is 31.3 Å². The number of hydrogen-bond acceptors (Lipinski definition) is 3. The first-order valence-electron chi connectivity index (χ1n) is 7.66. The maximum atomic E-state index is 12.1. The molecule has 0 saturated carbocycles. The third kappa shape index (κ3) is 6.63. The van der Waals surface area contributed by atoms with Crippen LogP contribution in [0.4, 0.5) is 0 Å². The molecule has 0 heterocycles. The number of para-hydroxylation sites is 1. The number of carbonyl (C=O) groups is 1. The fourth-order valence-corrected chi connectivity index (χ4v) is 1.88. The van der Waals surface area contributed by atoms with Crippen molar-refractivity contribution >= 4 is 5.91 Å². The molecule has 0 bridgehead atoms. The van der Waals surface area contributed by atoms with Crippen LogP contribution in [0, 0.1) is 6.92 Å². The van der Waals surface area contributed by atoms with Crippen LogP contribution >= 0.6 is 0 Å². The molecule has 0 saturated heterocycles. The van der Waals surface area contributed by atoms with Crippen molar-refractivity contribution in [3.05, 3.63) is 29.8 Å². The van der Waals surface area contributed by atoms with E-state index in [0.29, 0.717) is 19.6 Å². The highest BCUT2D eigenvalue weighted by molar-refractivity contribution is 5.81. The van der Waals surface area contributed by atoms with Gasteiger partial charge in [-0.05, 0) is 45.2 Å². The first kappa shape index (κ1) is 17.5. The minimum atomic E-state index is -0.447. The summed E-state index contributed by atoms with van der Waals surface area (Å²) in [6.07, 6.45) is 1.23. The number of rotatable bonds is 9. The Bertz CT molecular complexity index is 432. The maximum Gasteiger partial charge on any atom is 0.261 e. The van der Waals surface area contributed by atoms with Crippen LogP contribution in [0.3, 0.4) is 0 Å². The number of carbonyl (C=O) groups excluding carboxylic acids is 1. The molecule has 1 amide bonds. The van der Waals surface area contributed by atoms with Gasteiger partial charge in [0.15, 0.2) is 6.10 Å². The van der Waals surface area contributed by atoms with Crippen molar-refractivity contribution in [2.24, 2.45) is 0 Å². The van der Waals surface area contributed by atoms with Crippen molar-refractivity contribution in [1.29, 1.82) is 0 Å². The molecule has 1 rings (SSSR count). The van der Waals surface area contributed by atoms with Crippen molar-refractivity contribution in [3.8, 4) is 5.75 Å². The van der Waals surface area contributed by atoms with E-state index in [1.165, 1.54) is 0 Å². The summed E-state index contributed by atoms with van der Waals surface area (Å²) in [7, 11) is 0. The Morgan fingerprint density at radius 2 is 2.00 bits per heavy atom. The first-order valence-corrected chi connectivity index (χ1v) is 7.66. The molecule has 0 aliphatic rings. The molecule has 0 aliphatic carbocycles. The number of benzene rings is 1. The highest BCUT2D eigenvalue weighted by atomic mass is 16.5. The summed E-state index contributed by atoms with van der Waals surface area (Å²) < 4.78 is 11.2. The zero-order valence-corrected chi connectivity index (χ0v) is 13.5. The van der Waals surface area contributed by atoms with Crippen molar-refractivity contribution in [2.75, 3.05) is 13.2 Å². The fourth-order valence-electron chi connectivity index (χ4n) is 1.88. The van der Waals surface area contributed by atoms with Crippen LogP contribution in [0.2, 0.25) is 0 Å². The average molecular weight is 293 g/mol. The second kappa shape index (κ2) is 9.40. The van der Waals surface area contributed by atoms with Crippen molar-refractivity contribution < 1.29 is 14.3 Å². The molecule has 1 N–H and O–H groups in total. The fraction of sp³-hybridized carbons (Fsp3) is 0.588. The molecule has 1 atom stereocenters. The predicted octanol–water partition coefficient (Wildman–Crippen LogP) is 3.08. The molecule has 1 aromatic rings. The van der Waals surface area contributed by atoms with Crippen LogP contribution in [-0.2, 0) is 9.53 Å². The van der Waals surface area contributed by atoms with E-state index >= 15 is 0 Å². The van der Waals surface area contributed by atoms with Gasteiger partial charge in [-0.2, -0.15) is 0 Å². The summed E-state index contributed by atoms with van der Waals surface area (Å²) in [5.41, 5.74) is 1.04. The number of amides is 1. The van der Waals surface area contributed by atoms with Gasteiger partial charge < -0.3 is 14.8 Å². The second-order valence-corrected chi connectivity index (χ2v) is 5.34. The highest BCUT2D eigenvalue weighted by Gasteiger charge is 2.18. The number of hydrogen-bond donors (Lipinski definition) is 1. The van der Waals surface area contributed by atoms with Gasteiger partial charge in [-0.3, -0.25) is 4.79 Å². The normalized spacial score (nSPS) is 12.2. The highest BCUT2D eigenvalue weighted by Crippen LogP contribution is 2.18. The Kier molecular flexibility index (Phi) is 7.83. The molecular formula is C17H27NO3. The maximum absolute atomic E-state index is 12.1. The van der Waals surface area contributed by atoms with Gasteiger partial charge in [-0.1, -0.05) is 25.1 Å². The molecular weight excluding hydrogens is 266 g/mol. The second-order valence-electron chi connectivity index (χ2n) is 5.34. The Balaban J connectivity index is 2.38. The molecule has 4 heteroatoms. The minimum Gasteiger partial charge on any atom is -0.480 e. The molecule has 4 nitrogen and oxygen atoms in total. The van der Waals surface area contributed by atoms with Crippen LogP contribution in [0.5, 0.6) is 5.75 Å². The van der Waals surface area contributed by atoms with E-state index in [4.69, 9.17) is 9.47 Å². The van der Waals surface area contributed by atoms with Crippen molar-refractivity contribution in [2.45, 2.75) is 52.7 Å². The molecule has 118 valence electrons. The summed E-state index contributed by atoms with van der Waals surface area (Å²) in [5.74, 6) is 0.702. The van der Waals surface area contributed by atoms with Gasteiger partial charge in [0.1, 0.15) is 5.75 Å². The summed E-state index contributed by atoms with van der Waals surface area (Å²) in [4.78, 5) is 12.1. The summed E-state index contributed by atoms with van der Waals surface area (Å²) >= 11 is 0. The molecule has 0 aliphatic heterocycles. The molecule has 1 aromatic carbocycles. The SMILES string of the molecule is CC[C@@H](Oc1ccccc1C)C(=O)NCCCOC(C)C.